The topological polar surface area (TPSA) is 88.3 Å². The highest BCUT2D eigenvalue weighted by Crippen LogP contribution is 2.66. The number of halogens is 5. The van der Waals surface area contributed by atoms with Crippen molar-refractivity contribution in [1.82, 2.24) is 15.2 Å². The Balaban J connectivity index is 1.69. The van der Waals surface area contributed by atoms with Crippen molar-refractivity contribution in [3.63, 3.8) is 0 Å². The average molecular weight is 505 g/mol. The van der Waals surface area contributed by atoms with Gasteiger partial charge in [0, 0.05) is 36.0 Å². The molecule has 12 heteroatoms. The highest BCUT2D eigenvalue weighted by atomic mass is 32.1. The zero-order valence-electron chi connectivity index (χ0n) is 18.6. The van der Waals surface area contributed by atoms with Gasteiger partial charge in [-0.3, -0.25) is 14.6 Å². The van der Waals surface area contributed by atoms with Gasteiger partial charge in [-0.2, -0.15) is 13.2 Å². The summed E-state index contributed by atoms with van der Waals surface area (Å²) >= 11 is 1.08. The summed E-state index contributed by atoms with van der Waals surface area (Å²) in [6.07, 6.45) is -3.54. The van der Waals surface area contributed by atoms with Crippen LogP contribution >= 0.6 is 11.3 Å². The third-order valence-corrected chi connectivity index (χ3v) is 7.24. The minimum atomic E-state index is -4.44. The highest BCUT2D eigenvalue weighted by molar-refractivity contribution is 7.09. The first-order valence-corrected chi connectivity index (χ1v) is 11.4. The number of benzene rings is 1. The van der Waals surface area contributed by atoms with Gasteiger partial charge in [0.1, 0.15) is 0 Å². The molecule has 186 valence electrons. The zero-order chi connectivity index (χ0) is 25.3. The quantitative estimate of drug-likeness (QED) is 0.484. The lowest BCUT2D eigenvalue weighted by Crippen LogP contribution is -2.43. The van der Waals surface area contributed by atoms with Crippen molar-refractivity contribution in [2.24, 2.45) is 11.1 Å². The normalized spacial score (nSPS) is 16.8. The maximum absolute atomic E-state index is 14.4. The van der Waals surface area contributed by atoms with E-state index in [9.17, 15) is 31.5 Å². The van der Waals surface area contributed by atoms with Gasteiger partial charge in [0.05, 0.1) is 16.5 Å². The minimum absolute atomic E-state index is 0.00110. The fraction of sp³-hybridized carbons (Fsp3) is 0.500. The van der Waals surface area contributed by atoms with E-state index in [1.807, 2.05) is 0 Å². The summed E-state index contributed by atoms with van der Waals surface area (Å²) in [5.41, 5.74) is 3.94. The summed E-state index contributed by atoms with van der Waals surface area (Å²) in [6.45, 7) is -0.00110. The Morgan fingerprint density at radius 2 is 1.91 bits per heavy atom. The van der Waals surface area contributed by atoms with Gasteiger partial charge < -0.3 is 16.0 Å². The summed E-state index contributed by atoms with van der Waals surface area (Å²) < 4.78 is 69.8. The van der Waals surface area contributed by atoms with Gasteiger partial charge in [-0.1, -0.05) is 6.07 Å². The molecule has 0 radical (unpaired) electrons. The van der Waals surface area contributed by atoms with Gasteiger partial charge in [-0.05, 0) is 45.0 Å². The average Bonchev–Trinajstić information content (AvgIpc) is 3.39. The second-order valence-corrected chi connectivity index (χ2v) is 9.62. The van der Waals surface area contributed by atoms with Crippen molar-refractivity contribution >= 4 is 23.2 Å². The van der Waals surface area contributed by atoms with E-state index in [1.54, 1.807) is 19.0 Å². The number of alkyl halides is 3. The maximum Gasteiger partial charge on any atom is 0.395 e. The summed E-state index contributed by atoms with van der Waals surface area (Å²) in [5, 5.41) is 2.64. The summed E-state index contributed by atoms with van der Waals surface area (Å²) in [6, 6.07) is 1.85. The lowest BCUT2D eigenvalue weighted by Gasteiger charge is -2.29. The second-order valence-electron chi connectivity index (χ2n) is 8.70. The number of carbonyl (C=O) groups is 2. The molecule has 34 heavy (non-hydrogen) atoms. The number of hydrogen-bond acceptors (Lipinski definition) is 5. The number of nitrogens with two attached hydrogens (primary N) is 1. The minimum Gasteiger partial charge on any atom is -0.366 e. The molecule has 0 spiro atoms. The number of thiazole rings is 1. The van der Waals surface area contributed by atoms with Crippen LogP contribution in [0.4, 0.5) is 22.0 Å². The molecular weight excluding hydrogens is 479 g/mol. The van der Waals surface area contributed by atoms with Gasteiger partial charge in [0.15, 0.2) is 11.6 Å². The highest BCUT2D eigenvalue weighted by Gasteiger charge is 2.67. The summed E-state index contributed by atoms with van der Waals surface area (Å²) in [5.74, 6) is -5.26. The Bertz CT molecular complexity index is 1040. The number of primary amides is 1. The van der Waals surface area contributed by atoms with Crippen LogP contribution in [-0.2, 0) is 11.2 Å². The van der Waals surface area contributed by atoms with Gasteiger partial charge in [-0.15, -0.1) is 11.3 Å². The zero-order valence-corrected chi connectivity index (χ0v) is 19.4. The molecule has 1 saturated carbocycles. The molecule has 3 rings (SSSR count). The molecule has 2 atom stereocenters. The fourth-order valence-corrected chi connectivity index (χ4v) is 4.89. The van der Waals surface area contributed by atoms with Crippen LogP contribution in [0.3, 0.4) is 0 Å². The van der Waals surface area contributed by atoms with E-state index in [1.165, 1.54) is 17.8 Å². The molecule has 1 aliphatic rings. The molecule has 1 fully saturated rings. The molecule has 3 N–H and O–H groups in total. The number of hydrogen-bond donors (Lipinski definition) is 2. The number of carbonyl (C=O) groups excluding carboxylic acids is 2. The lowest BCUT2D eigenvalue weighted by atomic mass is 9.84. The molecule has 1 aromatic heterocycles. The number of amides is 2. The van der Waals surface area contributed by atoms with Gasteiger partial charge in [0.25, 0.3) is 5.91 Å². The smallest absolute Gasteiger partial charge is 0.366 e. The van der Waals surface area contributed by atoms with Crippen LogP contribution in [0.25, 0.3) is 0 Å². The van der Waals surface area contributed by atoms with Crippen molar-refractivity contribution < 1.29 is 31.5 Å². The van der Waals surface area contributed by atoms with Crippen LogP contribution < -0.4 is 11.1 Å². The van der Waals surface area contributed by atoms with E-state index in [0.717, 1.165) is 17.4 Å². The van der Waals surface area contributed by atoms with Crippen LogP contribution in [0.2, 0.25) is 0 Å². The number of likely N-dealkylation sites (N-methyl/N-ethyl adjacent to an activating group) is 1. The molecule has 0 unspecified atom stereocenters. The first-order valence-electron chi connectivity index (χ1n) is 10.5. The number of aromatic nitrogens is 1. The van der Waals surface area contributed by atoms with E-state index in [0.29, 0.717) is 4.88 Å². The lowest BCUT2D eigenvalue weighted by molar-refractivity contribution is -0.194. The van der Waals surface area contributed by atoms with E-state index >= 15 is 0 Å². The Kier molecular flexibility index (Phi) is 7.61. The van der Waals surface area contributed by atoms with E-state index in [-0.39, 0.29) is 37.8 Å². The van der Waals surface area contributed by atoms with Crippen molar-refractivity contribution in [2.75, 3.05) is 20.6 Å². The molecule has 1 aliphatic carbocycles. The molecule has 2 amide bonds. The maximum atomic E-state index is 14.4. The molecule has 2 aromatic rings. The third-order valence-electron chi connectivity index (χ3n) is 6.35. The molecule has 0 saturated heterocycles. The first kappa shape index (κ1) is 26.0. The number of nitrogens with zero attached hydrogens (tertiary/aromatic N) is 2. The van der Waals surface area contributed by atoms with E-state index in [2.05, 4.69) is 10.3 Å². The van der Waals surface area contributed by atoms with Crippen LogP contribution in [0.1, 0.15) is 46.0 Å². The van der Waals surface area contributed by atoms with Crippen LogP contribution in [-0.4, -0.2) is 54.6 Å². The number of nitrogens with one attached hydrogen (secondary N) is 1. The monoisotopic (exact) mass is 504 g/mol. The van der Waals surface area contributed by atoms with Crippen molar-refractivity contribution in [3.8, 4) is 0 Å². The fourth-order valence-electron chi connectivity index (χ4n) is 4.05. The van der Waals surface area contributed by atoms with Crippen molar-refractivity contribution in [2.45, 2.75) is 43.8 Å². The molecule has 0 aliphatic heterocycles. The molecule has 1 aromatic carbocycles. The van der Waals surface area contributed by atoms with Crippen LogP contribution in [0.15, 0.2) is 23.8 Å². The Labute approximate surface area is 197 Å². The van der Waals surface area contributed by atoms with Crippen molar-refractivity contribution in [3.05, 3.63) is 51.5 Å². The van der Waals surface area contributed by atoms with E-state index in [4.69, 9.17) is 5.73 Å². The molecule has 1 heterocycles. The predicted molar refractivity (Wildman–Crippen MR) is 116 cm³/mol. The Morgan fingerprint density at radius 1 is 1.24 bits per heavy atom. The first-order chi connectivity index (χ1) is 15.9. The third kappa shape index (κ3) is 5.38. The Hall–Kier alpha value is -2.60. The van der Waals surface area contributed by atoms with E-state index < -0.39 is 52.6 Å². The molecule has 0 bridgehead atoms. The largest absolute Gasteiger partial charge is 0.395 e. The predicted octanol–water partition coefficient (Wildman–Crippen LogP) is 3.63. The van der Waals surface area contributed by atoms with Gasteiger partial charge >= 0.3 is 6.18 Å². The van der Waals surface area contributed by atoms with Gasteiger partial charge in [0.2, 0.25) is 5.91 Å². The van der Waals surface area contributed by atoms with Crippen LogP contribution in [0.5, 0.6) is 0 Å². The SMILES string of the molecule is CN(C)[C@H](CNC(=O)C[C@@H](c1cncs1)C1(C(F)(F)F)CC1)Cc1ccc(C(N)=O)c(F)c1F. The summed E-state index contributed by atoms with van der Waals surface area (Å²) in [4.78, 5) is 29.8. The molecule has 6 nitrogen and oxygen atoms in total. The van der Waals surface area contributed by atoms with Crippen LogP contribution in [0, 0.1) is 17.0 Å². The standard InChI is InChI=1S/C22H25F5N4O2S/c1-31(2)13(7-12-3-4-14(20(28)33)19(24)18(12)23)9-30-17(32)8-15(16-10-29-11-34-16)21(5-6-21)22(25,26)27/h3-4,10-11,13,15H,5-9H2,1-2H3,(H2,28,33)(H,30,32)/t13-,15-/m0/s1. The second kappa shape index (κ2) is 9.95. The number of rotatable bonds is 10. The van der Waals surface area contributed by atoms with Crippen molar-refractivity contribution in [1.29, 1.82) is 0 Å². The Morgan fingerprint density at radius 3 is 2.41 bits per heavy atom. The van der Waals surface area contributed by atoms with Gasteiger partial charge in [-0.25, -0.2) is 8.78 Å². The summed E-state index contributed by atoms with van der Waals surface area (Å²) in [7, 11) is 3.34. The molecular formula is C22H25F5N4O2S.